The van der Waals surface area contributed by atoms with Crippen molar-refractivity contribution in [2.24, 2.45) is 0 Å². The molecule has 4 rings (SSSR count). The smallest absolute Gasteiger partial charge is 0.273 e. The summed E-state index contributed by atoms with van der Waals surface area (Å²) >= 11 is 0. The summed E-state index contributed by atoms with van der Waals surface area (Å²) in [6.45, 7) is 2.45. The molecule has 27 heavy (non-hydrogen) atoms. The van der Waals surface area contributed by atoms with E-state index in [9.17, 15) is 14.9 Å². The van der Waals surface area contributed by atoms with Gasteiger partial charge in [0.15, 0.2) is 0 Å². The van der Waals surface area contributed by atoms with Gasteiger partial charge in [0.05, 0.1) is 17.0 Å². The lowest BCUT2D eigenvalue weighted by Gasteiger charge is -2.37. The first kappa shape index (κ1) is 16.8. The number of amides is 1. The molecule has 0 N–H and O–H groups in total. The van der Waals surface area contributed by atoms with Crippen LogP contribution in [0.3, 0.4) is 0 Å². The molecule has 3 aromatic rings. The zero-order valence-corrected chi connectivity index (χ0v) is 14.3. The number of hydrogen-bond donors (Lipinski definition) is 0. The van der Waals surface area contributed by atoms with Gasteiger partial charge in [-0.15, -0.1) is 0 Å². The van der Waals surface area contributed by atoms with Crippen LogP contribution in [0, 0.1) is 17.0 Å². The largest absolute Gasteiger partial charge is 0.338 e. The van der Waals surface area contributed by atoms with E-state index in [0.29, 0.717) is 36.1 Å². The summed E-state index contributed by atoms with van der Waals surface area (Å²) in [6.07, 6.45) is 4.63. The number of likely N-dealkylation sites (tertiary alicyclic amines) is 1. The summed E-state index contributed by atoms with van der Waals surface area (Å²) in [6, 6.07) is 4.48. The molecule has 0 saturated carbocycles. The molecule has 1 aliphatic heterocycles. The van der Waals surface area contributed by atoms with Crippen molar-refractivity contribution >= 4 is 11.6 Å². The summed E-state index contributed by atoms with van der Waals surface area (Å²) in [7, 11) is 0. The Morgan fingerprint density at radius 2 is 2.15 bits per heavy atom. The number of carbonyl (C=O) groups is 1. The first-order valence-corrected chi connectivity index (χ1v) is 8.17. The fraction of sp³-hybridized carbons (Fsp3) is 0.235. The zero-order chi connectivity index (χ0) is 19.0. The van der Waals surface area contributed by atoms with E-state index in [2.05, 4.69) is 20.1 Å². The second-order valence-electron chi connectivity index (χ2n) is 6.21. The number of nitrogens with zero attached hydrogens (tertiary/aromatic N) is 6. The molecule has 0 aliphatic carbocycles. The monoisotopic (exact) mass is 366 g/mol. The Kier molecular flexibility index (Phi) is 4.07. The Morgan fingerprint density at radius 3 is 2.85 bits per heavy atom. The van der Waals surface area contributed by atoms with Gasteiger partial charge < -0.3 is 9.42 Å². The van der Waals surface area contributed by atoms with Crippen LogP contribution < -0.4 is 0 Å². The molecule has 0 radical (unpaired) electrons. The van der Waals surface area contributed by atoms with Crippen LogP contribution in [0.25, 0.3) is 11.5 Å². The second kappa shape index (κ2) is 6.56. The van der Waals surface area contributed by atoms with Crippen molar-refractivity contribution in [1.29, 1.82) is 0 Å². The summed E-state index contributed by atoms with van der Waals surface area (Å²) in [5.41, 5.74) is 1.24. The lowest BCUT2D eigenvalue weighted by molar-refractivity contribution is -0.385. The van der Waals surface area contributed by atoms with Gasteiger partial charge >= 0.3 is 0 Å². The fourth-order valence-corrected chi connectivity index (χ4v) is 2.84. The molecule has 10 heteroatoms. The van der Waals surface area contributed by atoms with E-state index < -0.39 is 4.92 Å². The second-order valence-corrected chi connectivity index (χ2v) is 6.21. The fourth-order valence-electron chi connectivity index (χ4n) is 2.84. The molecule has 2 aromatic heterocycles. The van der Waals surface area contributed by atoms with Gasteiger partial charge in [-0.3, -0.25) is 19.9 Å². The topological polar surface area (TPSA) is 128 Å². The summed E-state index contributed by atoms with van der Waals surface area (Å²) in [4.78, 5) is 37.1. The van der Waals surface area contributed by atoms with Gasteiger partial charge in [0.1, 0.15) is 5.69 Å². The van der Waals surface area contributed by atoms with Gasteiger partial charge in [-0.05, 0) is 13.0 Å². The maximum absolute atomic E-state index is 12.5. The highest BCUT2D eigenvalue weighted by atomic mass is 16.6. The van der Waals surface area contributed by atoms with Crippen molar-refractivity contribution in [2.75, 3.05) is 13.1 Å². The van der Waals surface area contributed by atoms with Gasteiger partial charge in [0, 0.05) is 42.7 Å². The lowest BCUT2D eigenvalue weighted by atomic mass is 9.98. The van der Waals surface area contributed by atoms with E-state index in [0.717, 1.165) is 0 Å². The molecule has 1 fully saturated rings. The van der Waals surface area contributed by atoms with Gasteiger partial charge in [-0.1, -0.05) is 11.2 Å². The third kappa shape index (κ3) is 3.12. The predicted octanol–water partition coefficient (Wildman–Crippen LogP) is 1.98. The van der Waals surface area contributed by atoms with E-state index >= 15 is 0 Å². The van der Waals surface area contributed by atoms with Gasteiger partial charge in [0.2, 0.25) is 11.7 Å². The van der Waals surface area contributed by atoms with Crippen molar-refractivity contribution in [3.8, 4) is 11.5 Å². The molecule has 10 nitrogen and oxygen atoms in total. The highest BCUT2D eigenvalue weighted by Crippen LogP contribution is 2.29. The van der Waals surface area contributed by atoms with Crippen LogP contribution in [0.15, 0.2) is 41.3 Å². The number of aryl methyl sites for hydroxylation is 1. The SMILES string of the molecule is Cc1ccc(C(=O)N2CC(c3nc(-c4cnccn4)no3)C2)cc1[N+](=O)[O-]. The van der Waals surface area contributed by atoms with Gasteiger partial charge in [-0.2, -0.15) is 4.98 Å². The van der Waals surface area contributed by atoms with Crippen molar-refractivity contribution in [3.05, 3.63) is 63.9 Å². The Balaban J connectivity index is 1.44. The summed E-state index contributed by atoms with van der Waals surface area (Å²) in [5, 5.41) is 14.9. The highest BCUT2D eigenvalue weighted by Gasteiger charge is 2.36. The van der Waals surface area contributed by atoms with Crippen LogP contribution in [0.5, 0.6) is 0 Å². The zero-order valence-electron chi connectivity index (χ0n) is 14.3. The molecular formula is C17H14N6O4. The predicted molar refractivity (Wildman–Crippen MR) is 91.8 cm³/mol. The van der Waals surface area contributed by atoms with E-state index in [1.807, 2.05) is 0 Å². The van der Waals surface area contributed by atoms with Crippen LogP contribution in [0.2, 0.25) is 0 Å². The minimum absolute atomic E-state index is 0.0663. The third-order valence-corrected chi connectivity index (χ3v) is 4.40. The Bertz CT molecular complexity index is 1010. The van der Waals surface area contributed by atoms with Crippen LogP contribution in [-0.2, 0) is 0 Å². The van der Waals surface area contributed by atoms with Crippen molar-refractivity contribution < 1.29 is 14.2 Å². The standard InChI is InChI=1S/C17H14N6O4/c1-10-2-3-11(6-14(10)23(25)26)17(24)22-8-12(9-22)16-20-15(21-27-16)13-7-18-4-5-19-13/h2-7,12H,8-9H2,1H3. The van der Waals surface area contributed by atoms with Crippen molar-refractivity contribution in [1.82, 2.24) is 25.0 Å². The molecule has 0 spiro atoms. The molecule has 1 aliphatic rings. The van der Waals surface area contributed by atoms with E-state index in [4.69, 9.17) is 4.52 Å². The number of carbonyl (C=O) groups excluding carboxylic acids is 1. The van der Waals surface area contributed by atoms with Crippen molar-refractivity contribution in [2.45, 2.75) is 12.8 Å². The maximum atomic E-state index is 12.5. The number of benzene rings is 1. The molecule has 136 valence electrons. The van der Waals surface area contributed by atoms with Crippen LogP contribution in [-0.4, -0.2) is 48.9 Å². The van der Waals surface area contributed by atoms with Crippen LogP contribution >= 0.6 is 0 Å². The van der Waals surface area contributed by atoms with E-state index in [1.165, 1.54) is 18.5 Å². The average molecular weight is 366 g/mol. The first-order chi connectivity index (χ1) is 13.0. The Morgan fingerprint density at radius 1 is 1.33 bits per heavy atom. The summed E-state index contributed by atoms with van der Waals surface area (Å²) < 4.78 is 5.27. The number of rotatable bonds is 4. The molecule has 0 bridgehead atoms. The minimum Gasteiger partial charge on any atom is -0.338 e. The van der Waals surface area contributed by atoms with Gasteiger partial charge in [-0.25, -0.2) is 4.98 Å². The number of nitro benzene ring substituents is 1. The molecule has 0 unspecified atom stereocenters. The minimum atomic E-state index is -0.489. The quantitative estimate of drug-likeness (QED) is 0.506. The Labute approximate surface area is 153 Å². The summed E-state index contributed by atoms with van der Waals surface area (Å²) in [5.74, 6) is 0.432. The molecule has 1 aromatic carbocycles. The number of hydrogen-bond acceptors (Lipinski definition) is 8. The molecular weight excluding hydrogens is 352 g/mol. The van der Waals surface area contributed by atoms with E-state index in [1.54, 1.807) is 30.2 Å². The van der Waals surface area contributed by atoms with E-state index in [-0.39, 0.29) is 23.1 Å². The van der Waals surface area contributed by atoms with Crippen LogP contribution in [0.4, 0.5) is 5.69 Å². The van der Waals surface area contributed by atoms with Gasteiger partial charge in [0.25, 0.3) is 11.6 Å². The highest BCUT2D eigenvalue weighted by molar-refractivity contribution is 5.95. The van der Waals surface area contributed by atoms with Crippen LogP contribution in [0.1, 0.15) is 27.7 Å². The maximum Gasteiger partial charge on any atom is 0.273 e. The number of nitro groups is 1. The molecule has 0 atom stereocenters. The Hall–Kier alpha value is -3.69. The normalized spacial score (nSPS) is 14.0. The van der Waals surface area contributed by atoms with Crippen molar-refractivity contribution in [3.63, 3.8) is 0 Å². The molecule has 1 amide bonds. The molecule has 1 saturated heterocycles. The first-order valence-electron chi connectivity index (χ1n) is 8.17. The lowest BCUT2D eigenvalue weighted by Crippen LogP contribution is -2.48. The average Bonchev–Trinajstić information content (AvgIpc) is 3.11. The number of aromatic nitrogens is 4. The third-order valence-electron chi connectivity index (χ3n) is 4.40. The molecule has 3 heterocycles.